The third-order valence-corrected chi connectivity index (χ3v) is 10.3. The largest absolute Gasteiger partial charge is 0.262 e. The molecule has 4 unspecified atom stereocenters. The average Bonchev–Trinajstić information content (AvgIpc) is 3.11. The molecule has 2 heteroatoms. The highest BCUT2D eigenvalue weighted by Gasteiger charge is 2.29. The average molecular weight is 597 g/mol. The Morgan fingerprint density at radius 1 is 0.674 bits per heavy atom. The number of allylic oxidation sites excluding steroid dienone is 5. The van der Waals surface area contributed by atoms with Crippen LogP contribution < -0.4 is 0 Å². The highest BCUT2D eigenvalue weighted by molar-refractivity contribution is 6.16. The van der Waals surface area contributed by atoms with Gasteiger partial charge in [0.1, 0.15) is 0 Å². The van der Waals surface area contributed by atoms with Gasteiger partial charge in [0.15, 0.2) is 5.84 Å². The summed E-state index contributed by atoms with van der Waals surface area (Å²) in [5.41, 5.74) is 8.95. The quantitative estimate of drug-likeness (QED) is 0.142. The smallest absolute Gasteiger partial charge is 0.155 e. The first kappa shape index (κ1) is 28.6. The second kappa shape index (κ2) is 12.2. The molecule has 0 amide bonds. The minimum Gasteiger partial charge on any atom is -0.262 e. The summed E-state index contributed by atoms with van der Waals surface area (Å²) >= 11 is 0. The van der Waals surface area contributed by atoms with Crippen LogP contribution in [0.4, 0.5) is 0 Å². The second-order valence-electron chi connectivity index (χ2n) is 13.5. The Kier molecular flexibility index (Phi) is 7.58. The second-order valence-corrected chi connectivity index (χ2v) is 13.5. The van der Waals surface area contributed by atoms with Gasteiger partial charge in [-0.3, -0.25) is 4.99 Å². The fourth-order valence-corrected chi connectivity index (χ4v) is 7.88. The molecule has 226 valence electrons. The molecular weight excluding hydrogens is 556 g/mol. The lowest BCUT2D eigenvalue weighted by Crippen LogP contribution is -2.28. The molecule has 0 spiro atoms. The summed E-state index contributed by atoms with van der Waals surface area (Å²) < 4.78 is 0. The van der Waals surface area contributed by atoms with Gasteiger partial charge in [0, 0.05) is 17.9 Å². The van der Waals surface area contributed by atoms with Crippen molar-refractivity contribution in [2.75, 3.05) is 0 Å². The maximum Gasteiger partial charge on any atom is 0.155 e. The number of hydrogen-bond acceptors (Lipinski definition) is 2. The SMILES string of the molecule is CC1=CCC(c2cc(C3=NC(c4ccccc4)=NC(C4C=CC=CC4)C3)cc(-c3cc4ccccc4c4ccccc34)c2)C(C)C1. The fraction of sp³-hybridized carbons (Fsp3) is 0.227. The molecule has 2 nitrogen and oxygen atoms in total. The minimum atomic E-state index is 0.150. The first-order valence-electron chi connectivity index (χ1n) is 16.9. The highest BCUT2D eigenvalue weighted by Crippen LogP contribution is 2.41. The highest BCUT2D eigenvalue weighted by atomic mass is 15.0. The number of hydrogen-bond donors (Lipinski definition) is 0. The zero-order valence-electron chi connectivity index (χ0n) is 26.7. The van der Waals surface area contributed by atoms with Crippen molar-refractivity contribution in [3.05, 3.63) is 156 Å². The van der Waals surface area contributed by atoms with Crippen molar-refractivity contribution in [1.82, 2.24) is 0 Å². The van der Waals surface area contributed by atoms with E-state index in [1.54, 1.807) is 0 Å². The summed E-state index contributed by atoms with van der Waals surface area (Å²) in [6, 6.07) is 38.1. The lowest BCUT2D eigenvalue weighted by Gasteiger charge is -2.30. The van der Waals surface area contributed by atoms with Crippen molar-refractivity contribution in [1.29, 1.82) is 0 Å². The summed E-state index contributed by atoms with van der Waals surface area (Å²) in [5.74, 6) is 2.28. The van der Waals surface area contributed by atoms with E-state index in [-0.39, 0.29) is 6.04 Å². The van der Waals surface area contributed by atoms with E-state index in [9.17, 15) is 0 Å². The molecule has 0 N–H and O–H groups in total. The Labute approximate surface area is 272 Å². The minimum absolute atomic E-state index is 0.150. The first-order chi connectivity index (χ1) is 22.6. The third-order valence-electron chi connectivity index (χ3n) is 10.3. The molecule has 1 aliphatic heterocycles. The van der Waals surface area contributed by atoms with Gasteiger partial charge in [-0.05, 0) is 100 Å². The van der Waals surface area contributed by atoms with Gasteiger partial charge in [0.05, 0.1) is 11.8 Å². The molecule has 4 atom stereocenters. The van der Waals surface area contributed by atoms with Crippen molar-refractivity contribution in [2.24, 2.45) is 21.8 Å². The van der Waals surface area contributed by atoms with E-state index in [1.165, 1.54) is 49.4 Å². The lowest BCUT2D eigenvalue weighted by atomic mass is 9.76. The molecule has 5 aromatic rings. The predicted octanol–water partition coefficient (Wildman–Crippen LogP) is 11.3. The molecule has 5 aromatic carbocycles. The normalized spacial score (nSPS) is 22.9. The van der Waals surface area contributed by atoms with Gasteiger partial charge in [-0.1, -0.05) is 128 Å². The molecule has 0 aromatic heterocycles. The lowest BCUT2D eigenvalue weighted by molar-refractivity contribution is 0.436. The number of aliphatic imine (C=N–C) groups is 2. The van der Waals surface area contributed by atoms with Crippen LogP contribution >= 0.6 is 0 Å². The molecule has 0 radical (unpaired) electrons. The van der Waals surface area contributed by atoms with Crippen LogP contribution in [-0.2, 0) is 0 Å². The summed E-state index contributed by atoms with van der Waals surface area (Å²) in [5, 5.41) is 5.18. The van der Waals surface area contributed by atoms with Gasteiger partial charge >= 0.3 is 0 Å². The number of amidine groups is 1. The molecule has 0 saturated heterocycles. The van der Waals surface area contributed by atoms with Crippen LogP contribution in [0.25, 0.3) is 32.7 Å². The van der Waals surface area contributed by atoms with E-state index in [2.05, 4.69) is 147 Å². The molecule has 1 heterocycles. The predicted molar refractivity (Wildman–Crippen MR) is 196 cm³/mol. The van der Waals surface area contributed by atoms with Crippen LogP contribution in [0.3, 0.4) is 0 Å². The molecular formula is C44H40N2. The summed E-state index contributed by atoms with van der Waals surface area (Å²) in [6.45, 7) is 4.71. The zero-order chi connectivity index (χ0) is 31.0. The Bertz CT molecular complexity index is 2090. The molecule has 0 saturated carbocycles. The van der Waals surface area contributed by atoms with Gasteiger partial charge in [-0.25, -0.2) is 4.99 Å². The van der Waals surface area contributed by atoms with Crippen molar-refractivity contribution in [2.45, 2.75) is 51.5 Å². The van der Waals surface area contributed by atoms with E-state index in [0.717, 1.165) is 42.8 Å². The van der Waals surface area contributed by atoms with Crippen LogP contribution in [0, 0.1) is 11.8 Å². The maximum absolute atomic E-state index is 5.34. The number of benzene rings is 5. The van der Waals surface area contributed by atoms with Crippen LogP contribution in [0.1, 0.15) is 62.1 Å². The Balaban J connectivity index is 1.32. The van der Waals surface area contributed by atoms with E-state index >= 15 is 0 Å². The van der Waals surface area contributed by atoms with Crippen LogP contribution in [0.5, 0.6) is 0 Å². The standard InChI is InChI=1S/C44H40N2/c1-29-21-22-37(30(2)23-29)34-24-35(41-27-33-17-9-10-18-38(33)39-19-11-12-20-40(39)41)26-36(25-34)43-28-42(31-13-5-3-6-14-31)45-44(46-43)32-15-7-4-8-16-32/h3-13,15-21,24-27,30-31,37,42H,14,22-23,28H2,1-2H3. The van der Waals surface area contributed by atoms with Crippen LogP contribution in [0.2, 0.25) is 0 Å². The zero-order valence-corrected chi connectivity index (χ0v) is 26.7. The molecule has 2 aliphatic carbocycles. The van der Waals surface area contributed by atoms with Gasteiger partial charge < -0.3 is 0 Å². The van der Waals surface area contributed by atoms with Crippen LogP contribution in [-0.4, -0.2) is 17.6 Å². The summed E-state index contributed by atoms with van der Waals surface area (Å²) in [7, 11) is 0. The third kappa shape index (κ3) is 5.47. The van der Waals surface area contributed by atoms with E-state index in [4.69, 9.17) is 9.98 Å². The Morgan fingerprint density at radius 2 is 1.43 bits per heavy atom. The number of fused-ring (bicyclic) bond motifs is 3. The molecule has 3 aliphatic rings. The first-order valence-corrected chi connectivity index (χ1v) is 16.9. The monoisotopic (exact) mass is 596 g/mol. The van der Waals surface area contributed by atoms with Gasteiger partial charge in [-0.2, -0.15) is 0 Å². The molecule has 8 rings (SSSR count). The molecule has 46 heavy (non-hydrogen) atoms. The van der Waals surface area contributed by atoms with Gasteiger partial charge in [0.25, 0.3) is 0 Å². The van der Waals surface area contributed by atoms with E-state index < -0.39 is 0 Å². The topological polar surface area (TPSA) is 24.7 Å². The van der Waals surface area contributed by atoms with Gasteiger partial charge in [-0.15, -0.1) is 0 Å². The van der Waals surface area contributed by atoms with Crippen molar-refractivity contribution in [3.63, 3.8) is 0 Å². The van der Waals surface area contributed by atoms with Crippen molar-refractivity contribution in [3.8, 4) is 11.1 Å². The summed E-state index contributed by atoms with van der Waals surface area (Å²) in [4.78, 5) is 10.6. The maximum atomic E-state index is 5.34. The fourth-order valence-electron chi connectivity index (χ4n) is 7.88. The molecule has 0 fully saturated rings. The van der Waals surface area contributed by atoms with Crippen LogP contribution in [0.15, 0.2) is 149 Å². The van der Waals surface area contributed by atoms with E-state index in [1.807, 2.05) is 0 Å². The summed E-state index contributed by atoms with van der Waals surface area (Å²) in [6.07, 6.45) is 15.5. The Hall–Kier alpha value is -4.82. The van der Waals surface area contributed by atoms with Crippen molar-refractivity contribution < 1.29 is 0 Å². The molecule has 0 bridgehead atoms. The van der Waals surface area contributed by atoms with E-state index in [0.29, 0.717) is 17.8 Å². The number of nitrogens with zero attached hydrogens (tertiary/aromatic N) is 2. The van der Waals surface area contributed by atoms with Crippen molar-refractivity contribution >= 4 is 33.1 Å². The number of rotatable bonds is 5. The Morgan fingerprint density at radius 3 is 2.24 bits per heavy atom. The van der Waals surface area contributed by atoms with Gasteiger partial charge in [0.2, 0.25) is 0 Å².